The Kier molecular flexibility index (Phi) is 3.34. The molecule has 1 atom stereocenters. The minimum absolute atomic E-state index is 0.579. The first-order chi connectivity index (χ1) is 10.3. The van der Waals surface area contributed by atoms with Gasteiger partial charge in [0.05, 0.1) is 0 Å². The fraction of sp³-hybridized carbons (Fsp3) is 0.0588. The van der Waals surface area contributed by atoms with E-state index >= 15 is 0 Å². The number of benzene rings is 2. The van der Waals surface area contributed by atoms with Gasteiger partial charge in [0.15, 0.2) is 0 Å². The molecule has 4 heteroatoms. The Hall–Kier alpha value is -1.20. The summed E-state index contributed by atoms with van der Waals surface area (Å²) in [5.74, 6) is 0. The van der Waals surface area contributed by atoms with Gasteiger partial charge in [-0.25, -0.2) is 0 Å². The molecule has 0 saturated heterocycles. The van der Waals surface area contributed by atoms with Crippen molar-refractivity contribution >= 4 is 58.8 Å². The van der Waals surface area contributed by atoms with Crippen LogP contribution in [-0.2, 0) is 0 Å². The molecule has 0 bridgehead atoms. The number of halogens is 1. The second-order valence-electron chi connectivity index (χ2n) is 4.90. The van der Waals surface area contributed by atoms with Crippen LogP contribution in [0, 0.1) is 0 Å². The fourth-order valence-electron chi connectivity index (χ4n) is 2.63. The van der Waals surface area contributed by atoms with Crippen LogP contribution in [0.25, 0.3) is 20.2 Å². The Balaban J connectivity index is 1.90. The molecule has 0 amide bonds. The van der Waals surface area contributed by atoms with Gasteiger partial charge >= 0.3 is 0 Å². The minimum atomic E-state index is -0.579. The van der Waals surface area contributed by atoms with E-state index in [1.54, 1.807) is 22.7 Å². The molecule has 1 unspecified atom stereocenters. The van der Waals surface area contributed by atoms with E-state index in [4.69, 9.17) is 0 Å². The second kappa shape index (κ2) is 5.21. The number of thiophene rings is 2. The Morgan fingerprint density at radius 2 is 1.57 bits per heavy atom. The molecule has 0 radical (unpaired) electrons. The van der Waals surface area contributed by atoms with Crippen LogP contribution in [0.15, 0.2) is 57.7 Å². The van der Waals surface area contributed by atoms with Crippen LogP contribution in [-0.4, -0.2) is 5.11 Å². The van der Waals surface area contributed by atoms with E-state index in [0.717, 1.165) is 26.4 Å². The zero-order valence-corrected chi connectivity index (χ0v) is 14.1. The van der Waals surface area contributed by atoms with Crippen molar-refractivity contribution in [2.24, 2.45) is 0 Å². The number of fused-ring (bicyclic) bond motifs is 2. The highest BCUT2D eigenvalue weighted by Crippen LogP contribution is 2.40. The smallest absolute Gasteiger partial charge is 0.107 e. The number of rotatable bonds is 2. The van der Waals surface area contributed by atoms with Gasteiger partial charge in [0.25, 0.3) is 0 Å². The maximum Gasteiger partial charge on any atom is 0.107 e. The summed E-state index contributed by atoms with van der Waals surface area (Å²) in [7, 11) is 0. The molecule has 4 aromatic rings. The maximum atomic E-state index is 10.9. The van der Waals surface area contributed by atoms with Crippen molar-refractivity contribution in [2.75, 3.05) is 0 Å². The largest absolute Gasteiger partial charge is 0.384 e. The van der Waals surface area contributed by atoms with Crippen molar-refractivity contribution in [3.8, 4) is 0 Å². The van der Waals surface area contributed by atoms with E-state index < -0.39 is 6.10 Å². The molecule has 1 N–H and O–H groups in total. The van der Waals surface area contributed by atoms with Crippen LogP contribution in [0.3, 0.4) is 0 Å². The van der Waals surface area contributed by atoms with E-state index in [2.05, 4.69) is 44.9 Å². The molecule has 0 fully saturated rings. The minimum Gasteiger partial charge on any atom is -0.384 e. The monoisotopic (exact) mass is 374 g/mol. The Morgan fingerprint density at radius 3 is 2.48 bits per heavy atom. The van der Waals surface area contributed by atoms with Crippen LogP contribution in [0.4, 0.5) is 0 Å². The molecule has 104 valence electrons. The van der Waals surface area contributed by atoms with Gasteiger partial charge in [-0.2, -0.15) is 0 Å². The third kappa shape index (κ3) is 2.14. The highest BCUT2D eigenvalue weighted by molar-refractivity contribution is 9.10. The molecule has 2 aromatic carbocycles. The second-order valence-corrected chi connectivity index (χ2v) is 7.54. The lowest BCUT2D eigenvalue weighted by molar-refractivity contribution is 0.224. The molecule has 21 heavy (non-hydrogen) atoms. The molecule has 0 saturated carbocycles. The van der Waals surface area contributed by atoms with Crippen LogP contribution in [0.1, 0.15) is 17.2 Å². The molecule has 2 aromatic heterocycles. The van der Waals surface area contributed by atoms with Crippen molar-refractivity contribution < 1.29 is 5.11 Å². The SMILES string of the molecule is OC(c1csc2ccccc12)c1csc2c(Br)cccc12. The normalized spacial score (nSPS) is 13.0. The summed E-state index contributed by atoms with van der Waals surface area (Å²) in [6.45, 7) is 0. The molecule has 0 spiro atoms. The predicted molar refractivity (Wildman–Crippen MR) is 95.4 cm³/mol. The first-order valence-corrected chi connectivity index (χ1v) is 9.11. The number of hydrogen-bond acceptors (Lipinski definition) is 3. The third-order valence-electron chi connectivity index (χ3n) is 3.68. The molecule has 2 heterocycles. The number of aliphatic hydroxyl groups excluding tert-OH is 1. The highest BCUT2D eigenvalue weighted by Gasteiger charge is 2.19. The summed E-state index contributed by atoms with van der Waals surface area (Å²) in [6.07, 6.45) is -0.579. The van der Waals surface area contributed by atoms with E-state index in [1.807, 2.05) is 24.3 Å². The number of hydrogen-bond donors (Lipinski definition) is 1. The van der Waals surface area contributed by atoms with Crippen molar-refractivity contribution in [3.63, 3.8) is 0 Å². The zero-order valence-electron chi connectivity index (χ0n) is 10.9. The maximum absolute atomic E-state index is 10.9. The highest BCUT2D eigenvalue weighted by atomic mass is 79.9. The van der Waals surface area contributed by atoms with Crippen LogP contribution in [0.5, 0.6) is 0 Å². The van der Waals surface area contributed by atoms with E-state index in [-0.39, 0.29) is 0 Å². The summed E-state index contributed by atoms with van der Waals surface area (Å²) in [6, 6.07) is 14.4. The molecule has 4 rings (SSSR count). The summed E-state index contributed by atoms with van der Waals surface area (Å²) < 4.78 is 3.48. The lowest BCUT2D eigenvalue weighted by atomic mass is 10.0. The number of aliphatic hydroxyl groups is 1. The predicted octanol–water partition coefficient (Wildman–Crippen LogP) is 5.96. The van der Waals surface area contributed by atoms with Crippen molar-refractivity contribution in [1.82, 2.24) is 0 Å². The van der Waals surface area contributed by atoms with E-state index in [9.17, 15) is 5.11 Å². The quantitative estimate of drug-likeness (QED) is 0.458. The van der Waals surface area contributed by atoms with Gasteiger partial charge in [-0.3, -0.25) is 0 Å². The Morgan fingerprint density at radius 1 is 0.857 bits per heavy atom. The van der Waals surface area contributed by atoms with Crippen molar-refractivity contribution in [3.05, 3.63) is 68.8 Å². The van der Waals surface area contributed by atoms with E-state index in [1.165, 1.54) is 9.40 Å². The van der Waals surface area contributed by atoms with E-state index in [0.29, 0.717) is 0 Å². The third-order valence-corrected chi connectivity index (χ3v) is 6.63. The topological polar surface area (TPSA) is 20.2 Å². The average Bonchev–Trinajstić information content (AvgIpc) is 3.11. The first kappa shape index (κ1) is 13.5. The molecular weight excluding hydrogens is 364 g/mol. The van der Waals surface area contributed by atoms with Crippen LogP contribution < -0.4 is 0 Å². The van der Waals surface area contributed by atoms with Gasteiger partial charge in [0.2, 0.25) is 0 Å². The Bertz CT molecular complexity index is 938. The van der Waals surface area contributed by atoms with Gasteiger partial charge in [-0.05, 0) is 49.6 Å². The van der Waals surface area contributed by atoms with Gasteiger partial charge in [-0.1, -0.05) is 30.3 Å². The zero-order chi connectivity index (χ0) is 14.4. The fourth-order valence-corrected chi connectivity index (χ4v) is 5.25. The first-order valence-electron chi connectivity index (χ1n) is 6.55. The molecule has 0 aliphatic heterocycles. The molecule has 1 nitrogen and oxygen atoms in total. The standard InChI is InChI=1S/C17H11BrOS2/c18-14-6-3-5-11-13(9-21-17(11)14)16(19)12-8-20-15-7-2-1-4-10(12)15/h1-9,16,19H. The van der Waals surface area contributed by atoms with Gasteiger partial charge in [0.1, 0.15) is 6.10 Å². The summed E-state index contributed by atoms with van der Waals surface area (Å²) in [5, 5.41) is 17.2. The van der Waals surface area contributed by atoms with Crippen molar-refractivity contribution in [1.29, 1.82) is 0 Å². The van der Waals surface area contributed by atoms with Crippen molar-refractivity contribution in [2.45, 2.75) is 6.10 Å². The summed E-state index contributed by atoms with van der Waals surface area (Å²) >= 11 is 6.93. The summed E-state index contributed by atoms with van der Waals surface area (Å²) in [4.78, 5) is 0. The Labute approximate surface area is 138 Å². The average molecular weight is 375 g/mol. The van der Waals surface area contributed by atoms with Crippen LogP contribution >= 0.6 is 38.6 Å². The molecule has 0 aliphatic carbocycles. The van der Waals surface area contributed by atoms with Crippen LogP contribution in [0.2, 0.25) is 0 Å². The molecule has 0 aliphatic rings. The van der Waals surface area contributed by atoms with Gasteiger partial charge in [-0.15, -0.1) is 22.7 Å². The lowest BCUT2D eigenvalue weighted by Gasteiger charge is -2.09. The lowest BCUT2D eigenvalue weighted by Crippen LogP contribution is -1.97. The summed E-state index contributed by atoms with van der Waals surface area (Å²) in [5.41, 5.74) is 1.98. The van der Waals surface area contributed by atoms with Gasteiger partial charge in [0, 0.05) is 25.0 Å². The molecular formula is C17H11BrOS2. The van der Waals surface area contributed by atoms with Gasteiger partial charge < -0.3 is 5.11 Å².